The van der Waals surface area contributed by atoms with Gasteiger partial charge in [-0.05, 0) is 19.4 Å². The van der Waals surface area contributed by atoms with E-state index in [1.807, 2.05) is 6.07 Å². The molecular weight excluding hydrogens is 370 g/mol. The SMILES string of the molecule is CC(=O)SC(CC(=O)OC(=O)[C@@H]1CCCN1)C(=O)c1occ2ccccc12. The van der Waals surface area contributed by atoms with Crippen LogP contribution < -0.4 is 5.32 Å². The van der Waals surface area contributed by atoms with Gasteiger partial charge in [0.2, 0.25) is 5.78 Å². The Labute approximate surface area is 159 Å². The number of benzene rings is 1. The lowest BCUT2D eigenvalue weighted by molar-refractivity contribution is -0.160. The number of carbonyl (C=O) groups is 4. The van der Waals surface area contributed by atoms with Gasteiger partial charge in [0.15, 0.2) is 10.9 Å². The Hall–Kier alpha value is -2.45. The van der Waals surface area contributed by atoms with E-state index in [4.69, 9.17) is 9.15 Å². The van der Waals surface area contributed by atoms with E-state index in [1.54, 1.807) is 18.2 Å². The van der Waals surface area contributed by atoms with Gasteiger partial charge in [0.1, 0.15) is 6.04 Å². The van der Waals surface area contributed by atoms with E-state index in [2.05, 4.69) is 5.32 Å². The third kappa shape index (κ3) is 4.64. The van der Waals surface area contributed by atoms with E-state index in [9.17, 15) is 19.2 Å². The monoisotopic (exact) mass is 389 g/mol. The molecule has 2 heterocycles. The van der Waals surface area contributed by atoms with Crippen LogP contribution in [0.2, 0.25) is 0 Å². The smallest absolute Gasteiger partial charge is 0.330 e. The van der Waals surface area contributed by atoms with Crippen molar-refractivity contribution in [2.75, 3.05) is 6.54 Å². The number of fused-ring (bicyclic) bond motifs is 1. The maximum atomic E-state index is 12.9. The molecule has 0 bridgehead atoms. The van der Waals surface area contributed by atoms with Crippen LogP contribution in [0.4, 0.5) is 0 Å². The number of ether oxygens (including phenoxy) is 1. The predicted octanol–water partition coefficient (Wildman–Crippen LogP) is 2.48. The van der Waals surface area contributed by atoms with Gasteiger partial charge in [0.05, 0.1) is 17.9 Å². The molecule has 1 saturated heterocycles. The number of hydrogen-bond acceptors (Lipinski definition) is 8. The average molecular weight is 389 g/mol. The second-order valence-corrected chi connectivity index (χ2v) is 7.64. The van der Waals surface area contributed by atoms with Crippen LogP contribution in [-0.4, -0.2) is 40.7 Å². The van der Waals surface area contributed by atoms with Crippen LogP contribution >= 0.6 is 11.8 Å². The molecule has 0 saturated carbocycles. The molecule has 1 aliphatic heterocycles. The van der Waals surface area contributed by atoms with Gasteiger partial charge in [-0.15, -0.1) is 0 Å². The van der Waals surface area contributed by atoms with Crippen molar-refractivity contribution in [2.24, 2.45) is 0 Å². The topological polar surface area (TPSA) is 103 Å². The lowest BCUT2D eigenvalue weighted by Gasteiger charge is -2.13. The van der Waals surface area contributed by atoms with Gasteiger partial charge < -0.3 is 14.5 Å². The highest BCUT2D eigenvalue weighted by molar-refractivity contribution is 8.14. The van der Waals surface area contributed by atoms with Crippen LogP contribution in [0.15, 0.2) is 34.9 Å². The fourth-order valence-corrected chi connectivity index (χ4v) is 3.81. The third-order valence-corrected chi connectivity index (χ3v) is 5.24. The summed E-state index contributed by atoms with van der Waals surface area (Å²) in [5.74, 6) is -1.89. The molecule has 2 aromatic rings. The van der Waals surface area contributed by atoms with Gasteiger partial charge in [-0.2, -0.15) is 0 Å². The number of rotatable bonds is 6. The first-order valence-corrected chi connectivity index (χ1v) is 9.49. The summed E-state index contributed by atoms with van der Waals surface area (Å²) in [6, 6.07) is 6.61. The zero-order valence-corrected chi connectivity index (χ0v) is 15.5. The van der Waals surface area contributed by atoms with Gasteiger partial charge in [-0.3, -0.25) is 14.4 Å². The number of ketones is 1. The zero-order valence-electron chi connectivity index (χ0n) is 14.7. The van der Waals surface area contributed by atoms with Crippen LogP contribution in [0, 0.1) is 0 Å². The molecule has 1 unspecified atom stereocenters. The van der Waals surface area contributed by atoms with Crippen molar-refractivity contribution >= 4 is 45.4 Å². The Bertz CT molecular complexity index is 883. The van der Waals surface area contributed by atoms with Crippen molar-refractivity contribution in [3.63, 3.8) is 0 Å². The molecule has 2 atom stereocenters. The van der Waals surface area contributed by atoms with E-state index in [1.165, 1.54) is 13.2 Å². The molecule has 7 nitrogen and oxygen atoms in total. The molecule has 1 N–H and O–H groups in total. The van der Waals surface area contributed by atoms with Crippen molar-refractivity contribution in [1.82, 2.24) is 5.32 Å². The normalized spacial score (nSPS) is 17.6. The first-order chi connectivity index (χ1) is 13.0. The van der Waals surface area contributed by atoms with Gasteiger partial charge in [0, 0.05) is 17.7 Å². The first kappa shape index (κ1) is 19.3. The van der Waals surface area contributed by atoms with Gasteiger partial charge >= 0.3 is 11.9 Å². The Kier molecular flexibility index (Phi) is 6.08. The fraction of sp³-hybridized carbons (Fsp3) is 0.368. The first-order valence-electron chi connectivity index (χ1n) is 8.61. The van der Waals surface area contributed by atoms with Gasteiger partial charge in [0.25, 0.3) is 0 Å². The second kappa shape index (κ2) is 8.49. The summed E-state index contributed by atoms with van der Waals surface area (Å²) < 4.78 is 10.2. The summed E-state index contributed by atoms with van der Waals surface area (Å²) in [6.07, 6.45) is 2.50. The highest BCUT2D eigenvalue weighted by atomic mass is 32.2. The number of esters is 2. The van der Waals surface area contributed by atoms with Crippen LogP contribution in [0.25, 0.3) is 10.8 Å². The lowest BCUT2D eigenvalue weighted by atomic mass is 10.1. The number of furan rings is 1. The van der Waals surface area contributed by atoms with Crippen LogP contribution in [0.5, 0.6) is 0 Å². The Morgan fingerprint density at radius 1 is 1.30 bits per heavy atom. The summed E-state index contributed by atoms with van der Waals surface area (Å²) in [5.41, 5.74) is 0. The van der Waals surface area contributed by atoms with Crippen LogP contribution in [0.3, 0.4) is 0 Å². The lowest BCUT2D eigenvalue weighted by Crippen LogP contribution is -2.35. The number of Topliss-reactive ketones (excluding diaryl/α,β-unsaturated/α-hetero) is 1. The molecule has 0 aliphatic carbocycles. The Balaban J connectivity index is 1.73. The number of hydrogen-bond donors (Lipinski definition) is 1. The summed E-state index contributed by atoms with van der Waals surface area (Å²) in [5, 5.41) is 2.96. The summed E-state index contributed by atoms with van der Waals surface area (Å²) >= 11 is 0.726. The average Bonchev–Trinajstić information content (AvgIpc) is 3.30. The molecule has 0 amide bonds. The second-order valence-electron chi connectivity index (χ2n) is 6.26. The maximum absolute atomic E-state index is 12.9. The van der Waals surface area contributed by atoms with Crippen molar-refractivity contribution < 1.29 is 28.3 Å². The molecule has 3 rings (SSSR count). The van der Waals surface area contributed by atoms with Gasteiger partial charge in [-0.1, -0.05) is 36.0 Å². The van der Waals surface area contributed by atoms with E-state index < -0.39 is 35.4 Å². The number of thioether (sulfide) groups is 1. The minimum Gasteiger partial charge on any atom is -0.460 e. The van der Waals surface area contributed by atoms with E-state index in [-0.39, 0.29) is 10.9 Å². The standard InChI is InChI=1S/C19H19NO6S/c1-11(21)27-15(9-16(22)26-19(24)14-7-4-8-20-14)17(23)18-13-6-3-2-5-12(13)10-25-18/h2-3,5-6,10,14-15,20H,4,7-9H2,1H3/t14-,15?/m0/s1. The fourth-order valence-electron chi connectivity index (χ4n) is 2.98. The van der Waals surface area contributed by atoms with Gasteiger partial charge in [-0.25, -0.2) is 4.79 Å². The molecule has 0 spiro atoms. The highest BCUT2D eigenvalue weighted by Crippen LogP contribution is 2.27. The molecule has 0 radical (unpaired) electrons. The summed E-state index contributed by atoms with van der Waals surface area (Å²) in [7, 11) is 0. The highest BCUT2D eigenvalue weighted by Gasteiger charge is 2.32. The largest absolute Gasteiger partial charge is 0.460 e. The molecule has 8 heteroatoms. The van der Waals surface area contributed by atoms with Crippen molar-refractivity contribution in [1.29, 1.82) is 0 Å². The molecule has 1 aromatic heterocycles. The Morgan fingerprint density at radius 2 is 2.07 bits per heavy atom. The van der Waals surface area contributed by atoms with E-state index >= 15 is 0 Å². The van der Waals surface area contributed by atoms with E-state index in [0.29, 0.717) is 18.4 Å². The Morgan fingerprint density at radius 3 is 2.78 bits per heavy atom. The number of nitrogens with one attached hydrogen (secondary N) is 1. The molecule has 1 aliphatic rings. The molecule has 27 heavy (non-hydrogen) atoms. The third-order valence-electron chi connectivity index (χ3n) is 4.24. The molecule has 1 fully saturated rings. The van der Waals surface area contributed by atoms with Crippen molar-refractivity contribution in [3.05, 3.63) is 36.3 Å². The van der Waals surface area contributed by atoms with E-state index in [0.717, 1.165) is 23.6 Å². The minimum absolute atomic E-state index is 0.0842. The zero-order chi connectivity index (χ0) is 19.4. The molecular formula is C19H19NO6S. The predicted molar refractivity (Wildman–Crippen MR) is 99.3 cm³/mol. The quantitative estimate of drug-likeness (QED) is 0.457. The summed E-state index contributed by atoms with van der Waals surface area (Å²) in [6.45, 7) is 2.00. The molecule has 1 aromatic carbocycles. The van der Waals surface area contributed by atoms with Crippen LogP contribution in [0.1, 0.15) is 36.7 Å². The maximum Gasteiger partial charge on any atom is 0.330 e. The van der Waals surface area contributed by atoms with Crippen LogP contribution in [-0.2, 0) is 19.1 Å². The minimum atomic E-state index is -1.02. The van der Waals surface area contributed by atoms with Crippen molar-refractivity contribution in [3.8, 4) is 0 Å². The number of carbonyl (C=O) groups excluding carboxylic acids is 4. The van der Waals surface area contributed by atoms with Crippen molar-refractivity contribution in [2.45, 2.75) is 37.5 Å². The summed E-state index contributed by atoms with van der Waals surface area (Å²) in [4.78, 5) is 48.5. The molecule has 142 valence electrons.